The predicted octanol–water partition coefficient (Wildman–Crippen LogP) is 3.30. The second kappa shape index (κ2) is 5.82. The Hall–Kier alpha value is -1.94. The molecule has 0 fully saturated rings. The van der Waals surface area contributed by atoms with Crippen LogP contribution >= 0.6 is 0 Å². The molecule has 0 amide bonds. The lowest BCUT2D eigenvalue weighted by molar-refractivity contribution is 0.0563. The molecule has 21 heavy (non-hydrogen) atoms. The van der Waals surface area contributed by atoms with Crippen LogP contribution in [0.1, 0.15) is 29.3 Å². The average molecular weight is 289 g/mol. The van der Waals surface area contributed by atoms with E-state index in [-0.39, 0.29) is 5.82 Å². The summed E-state index contributed by atoms with van der Waals surface area (Å²) in [6.07, 6.45) is 2.07. The summed E-state index contributed by atoms with van der Waals surface area (Å²) in [5.74, 6) is 0.468. The first-order chi connectivity index (χ1) is 9.85. The Balaban J connectivity index is 2.34. The van der Waals surface area contributed by atoms with Crippen LogP contribution in [0.15, 0.2) is 30.5 Å². The molecule has 2 rings (SSSR count). The van der Waals surface area contributed by atoms with E-state index >= 15 is 0 Å². The monoisotopic (exact) mass is 289 g/mol. The number of halogens is 1. The Bertz CT molecular complexity index is 636. The summed E-state index contributed by atoms with van der Waals surface area (Å²) in [7, 11) is 1.62. The minimum atomic E-state index is -1.12. The number of methoxy groups -OCH3 is 1. The summed E-state index contributed by atoms with van der Waals surface area (Å²) >= 11 is 0. The van der Waals surface area contributed by atoms with Crippen LogP contribution in [0, 0.1) is 19.7 Å². The van der Waals surface area contributed by atoms with E-state index < -0.39 is 5.60 Å². The van der Waals surface area contributed by atoms with Gasteiger partial charge in [0.25, 0.3) is 0 Å². The van der Waals surface area contributed by atoms with Crippen LogP contribution in [-0.2, 0) is 12.0 Å². The maximum atomic E-state index is 13.0. The van der Waals surface area contributed by atoms with Crippen molar-refractivity contribution < 1.29 is 14.2 Å². The first-order valence-electron chi connectivity index (χ1n) is 6.82. The minimum absolute atomic E-state index is 0.319. The topological polar surface area (TPSA) is 42.4 Å². The molecular weight excluding hydrogens is 269 g/mol. The first-order valence-corrected chi connectivity index (χ1v) is 6.82. The van der Waals surface area contributed by atoms with Gasteiger partial charge in [-0.2, -0.15) is 0 Å². The number of hydrogen-bond acceptors (Lipinski definition) is 3. The van der Waals surface area contributed by atoms with Gasteiger partial charge < -0.3 is 9.84 Å². The van der Waals surface area contributed by atoms with Gasteiger partial charge in [0.05, 0.1) is 18.4 Å². The normalized spacial score (nSPS) is 13.8. The molecule has 1 aromatic heterocycles. The van der Waals surface area contributed by atoms with Gasteiger partial charge in [-0.1, -0.05) is 12.1 Å². The molecule has 1 unspecified atom stereocenters. The lowest BCUT2D eigenvalue weighted by Gasteiger charge is -2.25. The highest BCUT2D eigenvalue weighted by Crippen LogP contribution is 2.30. The zero-order valence-electron chi connectivity index (χ0n) is 12.8. The summed E-state index contributed by atoms with van der Waals surface area (Å²) in [6, 6.07) is 5.88. The average Bonchev–Trinajstić information content (AvgIpc) is 2.43. The molecule has 1 aromatic carbocycles. The molecule has 2 aromatic rings. The van der Waals surface area contributed by atoms with Gasteiger partial charge >= 0.3 is 0 Å². The SMILES string of the molecule is COc1c(C)cnc(CC(C)(O)c2ccc(F)cc2)c1C. The van der Waals surface area contributed by atoms with E-state index in [1.54, 1.807) is 32.4 Å². The van der Waals surface area contributed by atoms with Crippen molar-refractivity contribution in [3.05, 3.63) is 58.7 Å². The molecule has 0 bridgehead atoms. The third-order valence-corrected chi connectivity index (χ3v) is 3.73. The van der Waals surface area contributed by atoms with E-state index in [4.69, 9.17) is 4.74 Å². The van der Waals surface area contributed by atoms with E-state index in [1.807, 2.05) is 13.8 Å². The number of ether oxygens (including phenoxy) is 1. The fourth-order valence-corrected chi connectivity index (χ4v) is 2.49. The molecule has 0 spiro atoms. The van der Waals surface area contributed by atoms with Crippen molar-refractivity contribution in [2.45, 2.75) is 32.8 Å². The molecule has 1 heterocycles. The highest BCUT2D eigenvalue weighted by Gasteiger charge is 2.26. The van der Waals surface area contributed by atoms with Crippen molar-refractivity contribution in [1.29, 1.82) is 0 Å². The molecule has 0 aliphatic rings. The maximum absolute atomic E-state index is 13.0. The van der Waals surface area contributed by atoms with Gasteiger partial charge in [-0.05, 0) is 38.5 Å². The van der Waals surface area contributed by atoms with Crippen LogP contribution in [-0.4, -0.2) is 17.2 Å². The van der Waals surface area contributed by atoms with Crippen molar-refractivity contribution in [2.75, 3.05) is 7.11 Å². The zero-order valence-corrected chi connectivity index (χ0v) is 12.8. The molecule has 1 atom stereocenters. The summed E-state index contributed by atoms with van der Waals surface area (Å²) in [6.45, 7) is 5.56. The number of hydrogen-bond donors (Lipinski definition) is 1. The van der Waals surface area contributed by atoms with Gasteiger partial charge in [0.15, 0.2) is 0 Å². The summed E-state index contributed by atoms with van der Waals surface area (Å²) in [5, 5.41) is 10.7. The number of rotatable bonds is 4. The molecule has 3 nitrogen and oxygen atoms in total. The molecule has 0 saturated heterocycles. The summed E-state index contributed by atoms with van der Waals surface area (Å²) in [4.78, 5) is 4.40. The number of pyridine rings is 1. The molecular formula is C17H20FNO2. The Kier molecular flexibility index (Phi) is 4.28. The molecule has 0 saturated carbocycles. The van der Waals surface area contributed by atoms with Gasteiger partial charge in [-0.3, -0.25) is 4.98 Å². The molecule has 1 N–H and O–H groups in total. The van der Waals surface area contributed by atoms with Crippen LogP contribution in [0.2, 0.25) is 0 Å². The maximum Gasteiger partial charge on any atom is 0.128 e. The minimum Gasteiger partial charge on any atom is -0.496 e. The predicted molar refractivity (Wildman–Crippen MR) is 79.9 cm³/mol. The van der Waals surface area contributed by atoms with Crippen molar-refractivity contribution in [3.8, 4) is 5.75 Å². The number of aromatic nitrogens is 1. The number of nitrogens with zero attached hydrogens (tertiary/aromatic N) is 1. The van der Waals surface area contributed by atoms with Gasteiger partial charge in [0.1, 0.15) is 11.6 Å². The van der Waals surface area contributed by atoms with Crippen LogP contribution in [0.3, 0.4) is 0 Å². The van der Waals surface area contributed by atoms with Gasteiger partial charge in [-0.15, -0.1) is 0 Å². The summed E-state index contributed by atoms with van der Waals surface area (Å²) < 4.78 is 18.4. The third kappa shape index (κ3) is 3.22. The van der Waals surface area contributed by atoms with Crippen LogP contribution in [0.4, 0.5) is 4.39 Å². The third-order valence-electron chi connectivity index (χ3n) is 3.73. The molecule has 0 aliphatic carbocycles. The second-order valence-corrected chi connectivity index (χ2v) is 5.50. The zero-order chi connectivity index (χ0) is 15.6. The molecule has 0 radical (unpaired) electrons. The summed E-state index contributed by atoms with van der Waals surface area (Å²) in [5.41, 5.74) is 2.18. The Morgan fingerprint density at radius 3 is 2.43 bits per heavy atom. The highest BCUT2D eigenvalue weighted by molar-refractivity contribution is 5.42. The van der Waals surface area contributed by atoms with E-state index in [9.17, 15) is 9.50 Å². The van der Waals surface area contributed by atoms with Gasteiger partial charge in [0.2, 0.25) is 0 Å². The lowest BCUT2D eigenvalue weighted by Crippen LogP contribution is -2.25. The second-order valence-electron chi connectivity index (χ2n) is 5.50. The Morgan fingerprint density at radius 2 is 1.86 bits per heavy atom. The molecule has 4 heteroatoms. The lowest BCUT2D eigenvalue weighted by atomic mass is 9.89. The van der Waals surface area contributed by atoms with Gasteiger partial charge in [-0.25, -0.2) is 4.39 Å². The van der Waals surface area contributed by atoms with Crippen LogP contribution in [0.25, 0.3) is 0 Å². The smallest absolute Gasteiger partial charge is 0.128 e. The van der Waals surface area contributed by atoms with Gasteiger partial charge in [0, 0.05) is 23.7 Å². The Labute approximate surface area is 124 Å². The van der Waals surface area contributed by atoms with Crippen molar-refractivity contribution in [1.82, 2.24) is 4.98 Å². The fraction of sp³-hybridized carbons (Fsp3) is 0.353. The number of aryl methyl sites for hydroxylation is 1. The van der Waals surface area contributed by atoms with E-state index in [0.717, 1.165) is 22.6 Å². The highest BCUT2D eigenvalue weighted by atomic mass is 19.1. The van der Waals surface area contributed by atoms with Crippen LogP contribution in [0.5, 0.6) is 5.75 Å². The molecule has 0 aliphatic heterocycles. The van der Waals surface area contributed by atoms with Crippen molar-refractivity contribution >= 4 is 0 Å². The van der Waals surface area contributed by atoms with E-state index in [2.05, 4.69) is 4.98 Å². The number of aliphatic hydroxyl groups is 1. The Morgan fingerprint density at radius 1 is 1.24 bits per heavy atom. The quantitative estimate of drug-likeness (QED) is 0.939. The fourth-order valence-electron chi connectivity index (χ4n) is 2.49. The van der Waals surface area contributed by atoms with E-state index in [0.29, 0.717) is 12.0 Å². The number of benzene rings is 1. The molecule has 112 valence electrons. The van der Waals surface area contributed by atoms with Crippen molar-refractivity contribution in [3.63, 3.8) is 0 Å². The van der Waals surface area contributed by atoms with Crippen molar-refractivity contribution in [2.24, 2.45) is 0 Å². The van der Waals surface area contributed by atoms with E-state index in [1.165, 1.54) is 12.1 Å². The van der Waals surface area contributed by atoms with Crippen LogP contribution < -0.4 is 4.74 Å². The first kappa shape index (κ1) is 15.4. The largest absolute Gasteiger partial charge is 0.496 e. The standard InChI is InChI=1S/C17H20FNO2/c1-11-10-19-15(12(2)16(11)21-4)9-17(3,20)13-5-7-14(18)8-6-13/h5-8,10,20H,9H2,1-4H3.